The molecular formula is C20H24N6O3. The second-order valence-electron chi connectivity index (χ2n) is 7.08. The molecule has 0 atom stereocenters. The van der Waals surface area contributed by atoms with Crippen LogP contribution in [0.3, 0.4) is 0 Å². The molecule has 0 radical (unpaired) electrons. The summed E-state index contributed by atoms with van der Waals surface area (Å²) >= 11 is 0. The Hall–Kier alpha value is -3.36. The fraction of sp³-hybridized carbons (Fsp3) is 0.400. The highest BCUT2D eigenvalue weighted by molar-refractivity contribution is 5.93. The average molecular weight is 396 g/mol. The highest BCUT2D eigenvalue weighted by atomic mass is 16.5. The predicted octanol–water partition coefficient (Wildman–Crippen LogP) is 2.31. The van der Waals surface area contributed by atoms with Crippen molar-refractivity contribution < 1.29 is 14.3 Å². The fourth-order valence-corrected chi connectivity index (χ4v) is 3.63. The third kappa shape index (κ3) is 3.94. The molecule has 1 fully saturated rings. The Bertz CT molecular complexity index is 1000. The van der Waals surface area contributed by atoms with Gasteiger partial charge in [0.25, 0.3) is 5.78 Å². The number of nitrogens with one attached hydrogen (secondary N) is 1. The Labute approximate surface area is 168 Å². The lowest BCUT2D eigenvalue weighted by Gasteiger charge is -2.32. The Morgan fingerprint density at radius 2 is 1.79 bits per heavy atom. The van der Waals surface area contributed by atoms with Crippen LogP contribution in [0.1, 0.15) is 18.5 Å². The molecule has 3 heterocycles. The highest BCUT2D eigenvalue weighted by Gasteiger charge is 2.27. The number of nitrogens with zero attached hydrogens (tertiary/aromatic N) is 5. The number of hydrogen-bond donors (Lipinski definition) is 1. The molecule has 0 aliphatic carbocycles. The second-order valence-corrected chi connectivity index (χ2v) is 7.08. The molecule has 0 saturated carbocycles. The number of methoxy groups -OCH3 is 2. The number of rotatable bonds is 5. The van der Waals surface area contributed by atoms with Gasteiger partial charge in [-0.3, -0.25) is 4.79 Å². The minimum absolute atomic E-state index is 0.0109. The lowest BCUT2D eigenvalue weighted by atomic mass is 9.95. The van der Waals surface area contributed by atoms with Gasteiger partial charge in [0.2, 0.25) is 5.91 Å². The number of aromatic nitrogens is 4. The summed E-state index contributed by atoms with van der Waals surface area (Å²) in [4.78, 5) is 23.6. The first-order valence-electron chi connectivity index (χ1n) is 9.53. The molecule has 1 aliphatic rings. The Balaban J connectivity index is 1.43. The number of anilines is 2. The van der Waals surface area contributed by atoms with Crippen molar-refractivity contribution in [2.24, 2.45) is 5.92 Å². The standard InChI is InChI=1S/C20H24N6O3/c1-13-8-18(26-20(23-13)21-12-22-26)25-6-4-14(5-7-25)19(27)24-15-9-16(28-2)11-17(10-15)29-3/h8-12,14H,4-7H2,1-3H3,(H,24,27). The average Bonchev–Trinajstić information content (AvgIpc) is 3.21. The van der Waals surface area contributed by atoms with Crippen molar-refractivity contribution in [3.8, 4) is 11.5 Å². The van der Waals surface area contributed by atoms with Crippen LogP contribution in [0.2, 0.25) is 0 Å². The number of ether oxygens (including phenoxy) is 2. The van der Waals surface area contributed by atoms with Crippen LogP contribution in [0, 0.1) is 12.8 Å². The number of fused-ring (bicyclic) bond motifs is 1. The molecule has 0 unspecified atom stereocenters. The van der Waals surface area contributed by atoms with E-state index in [-0.39, 0.29) is 11.8 Å². The molecular weight excluding hydrogens is 372 g/mol. The molecule has 1 aliphatic heterocycles. The van der Waals surface area contributed by atoms with Gasteiger partial charge in [-0.05, 0) is 19.8 Å². The largest absolute Gasteiger partial charge is 0.497 e. The van der Waals surface area contributed by atoms with Crippen LogP contribution in [0.15, 0.2) is 30.6 Å². The van der Waals surface area contributed by atoms with Crippen molar-refractivity contribution in [3.63, 3.8) is 0 Å². The van der Waals surface area contributed by atoms with Crippen molar-refractivity contribution in [2.45, 2.75) is 19.8 Å². The van der Waals surface area contributed by atoms with Crippen LogP contribution < -0.4 is 19.7 Å². The molecule has 1 amide bonds. The maximum Gasteiger partial charge on any atom is 0.254 e. The summed E-state index contributed by atoms with van der Waals surface area (Å²) in [5, 5.41) is 7.27. The van der Waals surface area contributed by atoms with E-state index in [2.05, 4.69) is 25.3 Å². The summed E-state index contributed by atoms with van der Waals surface area (Å²) in [6, 6.07) is 7.35. The number of aryl methyl sites for hydroxylation is 1. The van der Waals surface area contributed by atoms with Crippen LogP contribution in [-0.4, -0.2) is 52.8 Å². The summed E-state index contributed by atoms with van der Waals surface area (Å²) in [6.07, 6.45) is 3.02. The van der Waals surface area contributed by atoms with Gasteiger partial charge in [-0.15, -0.1) is 0 Å². The van der Waals surface area contributed by atoms with Crippen LogP contribution >= 0.6 is 0 Å². The van der Waals surface area contributed by atoms with Crippen LogP contribution in [0.4, 0.5) is 11.5 Å². The van der Waals surface area contributed by atoms with Crippen molar-refractivity contribution in [1.29, 1.82) is 0 Å². The van der Waals surface area contributed by atoms with E-state index in [0.717, 1.165) is 37.4 Å². The zero-order chi connectivity index (χ0) is 20.4. The number of piperidine rings is 1. The van der Waals surface area contributed by atoms with Gasteiger partial charge in [-0.2, -0.15) is 14.6 Å². The summed E-state index contributed by atoms with van der Waals surface area (Å²) < 4.78 is 12.3. The van der Waals surface area contributed by atoms with Gasteiger partial charge in [0.15, 0.2) is 0 Å². The van der Waals surface area contributed by atoms with E-state index in [1.807, 2.05) is 13.0 Å². The molecule has 9 heteroatoms. The molecule has 152 valence electrons. The molecule has 1 N–H and O–H groups in total. The van der Waals surface area contributed by atoms with Crippen LogP contribution in [-0.2, 0) is 4.79 Å². The van der Waals surface area contributed by atoms with Crippen LogP contribution in [0.5, 0.6) is 11.5 Å². The first-order valence-corrected chi connectivity index (χ1v) is 9.53. The summed E-state index contributed by atoms with van der Waals surface area (Å²) in [7, 11) is 3.17. The molecule has 0 spiro atoms. The van der Waals surface area contributed by atoms with Crippen LogP contribution in [0.25, 0.3) is 5.78 Å². The molecule has 1 aromatic carbocycles. The second kappa shape index (κ2) is 7.94. The predicted molar refractivity (Wildman–Crippen MR) is 109 cm³/mol. The topological polar surface area (TPSA) is 93.9 Å². The van der Waals surface area contributed by atoms with Crippen molar-refractivity contribution in [2.75, 3.05) is 37.5 Å². The SMILES string of the molecule is COc1cc(NC(=O)C2CCN(c3cc(C)nc4ncnn34)CC2)cc(OC)c1. The molecule has 4 rings (SSSR count). The first-order chi connectivity index (χ1) is 14.1. The zero-order valence-electron chi connectivity index (χ0n) is 16.8. The Kier molecular flexibility index (Phi) is 5.20. The number of hydrogen-bond acceptors (Lipinski definition) is 7. The third-order valence-electron chi connectivity index (χ3n) is 5.17. The van der Waals surface area contributed by atoms with Crippen molar-refractivity contribution in [3.05, 3.63) is 36.3 Å². The molecule has 0 bridgehead atoms. The van der Waals surface area contributed by atoms with E-state index in [0.29, 0.717) is 23.0 Å². The van der Waals surface area contributed by atoms with Gasteiger partial charge in [0.05, 0.1) is 14.2 Å². The number of amides is 1. The summed E-state index contributed by atoms with van der Waals surface area (Å²) in [5.74, 6) is 2.78. The smallest absolute Gasteiger partial charge is 0.254 e. The number of benzene rings is 1. The van der Waals surface area contributed by atoms with E-state index in [1.165, 1.54) is 6.33 Å². The first kappa shape index (κ1) is 19.0. The minimum Gasteiger partial charge on any atom is -0.497 e. The molecule has 1 saturated heterocycles. The maximum absolute atomic E-state index is 12.8. The Morgan fingerprint density at radius 3 is 2.45 bits per heavy atom. The number of carbonyl (C=O) groups excluding carboxylic acids is 1. The van der Waals surface area contributed by atoms with Crippen molar-refractivity contribution in [1.82, 2.24) is 19.6 Å². The fourth-order valence-electron chi connectivity index (χ4n) is 3.63. The van der Waals surface area contributed by atoms with E-state index < -0.39 is 0 Å². The molecule has 2 aromatic heterocycles. The van der Waals surface area contributed by atoms with E-state index in [4.69, 9.17) is 9.47 Å². The van der Waals surface area contributed by atoms with Gasteiger partial charge in [-0.1, -0.05) is 0 Å². The minimum atomic E-state index is -0.0578. The van der Waals surface area contributed by atoms with Gasteiger partial charge in [0, 0.05) is 54.7 Å². The van der Waals surface area contributed by atoms with Gasteiger partial charge in [-0.25, -0.2) is 4.98 Å². The van der Waals surface area contributed by atoms with E-state index >= 15 is 0 Å². The van der Waals surface area contributed by atoms with Gasteiger partial charge >= 0.3 is 0 Å². The summed E-state index contributed by atoms with van der Waals surface area (Å²) in [6.45, 7) is 3.47. The third-order valence-corrected chi connectivity index (χ3v) is 5.17. The normalized spacial score (nSPS) is 14.8. The zero-order valence-corrected chi connectivity index (χ0v) is 16.8. The Morgan fingerprint density at radius 1 is 1.10 bits per heavy atom. The van der Waals surface area contributed by atoms with E-state index in [1.54, 1.807) is 36.9 Å². The summed E-state index contributed by atoms with van der Waals surface area (Å²) in [5.41, 5.74) is 1.56. The lowest BCUT2D eigenvalue weighted by molar-refractivity contribution is -0.120. The number of carbonyl (C=O) groups is 1. The van der Waals surface area contributed by atoms with E-state index in [9.17, 15) is 4.79 Å². The van der Waals surface area contributed by atoms with Crippen molar-refractivity contribution >= 4 is 23.2 Å². The molecule has 29 heavy (non-hydrogen) atoms. The highest BCUT2D eigenvalue weighted by Crippen LogP contribution is 2.28. The molecule has 3 aromatic rings. The van der Waals surface area contributed by atoms with Gasteiger partial charge < -0.3 is 19.7 Å². The quantitative estimate of drug-likeness (QED) is 0.707. The molecule has 9 nitrogen and oxygen atoms in total. The maximum atomic E-state index is 12.8. The van der Waals surface area contributed by atoms with Gasteiger partial charge in [0.1, 0.15) is 23.6 Å². The lowest BCUT2D eigenvalue weighted by Crippen LogP contribution is -2.39. The monoisotopic (exact) mass is 396 g/mol.